The summed E-state index contributed by atoms with van der Waals surface area (Å²) >= 11 is 5.84. The molecule has 5 nitrogen and oxygen atoms in total. The normalized spacial score (nSPS) is 11.6. The second kappa shape index (κ2) is 8.78. The van der Waals surface area contributed by atoms with E-state index >= 15 is 0 Å². The van der Waals surface area contributed by atoms with Gasteiger partial charge >= 0.3 is 6.18 Å². The van der Waals surface area contributed by atoms with Crippen molar-refractivity contribution >= 4 is 11.6 Å². The number of ether oxygens (including phenoxy) is 1. The zero-order valence-electron chi connectivity index (χ0n) is 16.9. The van der Waals surface area contributed by atoms with Gasteiger partial charge in [-0.3, -0.25) is 0 Å². The molecule has 0 amide bonds. The molecule has 33 heavy (non-hydrogen) atoms. The fraction of sp³-hybridized carbons (Fsp3) is 0.136. The van der Waals surface area contributed by atoms with Crippen LogP contribution in [0.25, 0.3) is 22.8 Å². The van der Waals surface area contributed by atoms with Gasteiger partial charge in [0, 0.05) is 18.8 Å². The predicted molar refractivity (Wildman–Crippen MR) is 110 cm³/mol. The third-order valence-electron chi connectivity index (χ3n) is 4.67. The number of aryl methyl sites for hydroxylation is 1. The van der Waals surface area contributed by atoms with Crippen molar-refractivity contribution in [2.24, 2.45) is 7.05 Å². The number of pyridine rings is 1. The van der Waals surface area contributed by atoms with Crippen molar-refractivity contribution in [3.8, 4) is 28.7 Å². The second-order valence-electron chi connectivity index (χ2n) is 6.97. The summed E-state index contributed by atoms with van der Waals surface area (Å²) in [6.07, 6.45) is -3.91. The van der Waals surface area contributed by atoms with E-state index < -0.39 is 23.4 Å². The molecular formula is C22H14ClF5N4O. The van der Waals surface area contributed by atoms with E-state index in [9.17, 15) is 22.0 Å². The molecule has 4 rings (SSSR count). The summed E-state index contributed by atoms with van der Waals surface area (Å²) in [7, 11) is 1.60. The van der Waals surface area contributed by atoms with E-state index in [2.05, 4.69) is 15.1 Å². The maximum atomic E-state index is 14.1. The first-order valence-corrected chi connectivity index (χ1v) is 9.81. The highest BCUT2D eigenvalue weighted by molar-refractivity contribution is 6.31. The van der Waals surface area contributed by atoms with Crippen molar-refractivity contribution in [1.82, 2.24) is 19.7 Å². The third-order valence-corrected chi connectivity index (χ3v) is 4.94. The van der Waals surface area contributed by atoms with Gasteiger partial charge < -0.3 is 4.74 Å². The van der Waals surface area contributed by atoms with Crippen LogP contribution in [0.15, 0.2) is 54.7 Å². The van der Waals surface area contributed by atoms with Crippen LogP contribution in [0.2, 0.25) is 5.02 Å². The van der Waals surface area contributed by atoms with Gasteiger partial charge in [-0.15, -0.1) is 0 Å². The Bertz CT molecular complexity index is 1290. The largest absolute Gasteiger partial charge is 0.472 e. The van der Waals surface area contributed by atoms with E-state index in [1.807, 2.05) is 0 Å². The SMILES string of the molecule is Cn1nc(-c2c(F)cccc2F)nc1-c1ccc(COc2ncc(C(F)(F)F)cc2Cl)cc1. The highest BCUT2D eigenvalue weighted by atomic mass is 35.5. The molecule has 0 radical (unpaired) electrons. The number of hydrogen-bond donors (Lipinski definition) is 0. The molecule has 0 saturated carbocycles. The lowest BCUT2D eigenvalue weighted by molar-refractivity contribution is -0.137. The van der Waals surface area contributed by atoms with Crippen molar-refractivity contribution in [2.45, 2.75) is 12.8 Å². The zero-order valence-corrected chi connectivity index (χ0v) is 17.6. The van der Waals surface area contributed by atoms with Crippen molar-refractivity contribution in [3.63, 3.8) is 0 Å². The van der Waals surface area contributed by atoms with Crippen LogP contribution in [0.3, 0.4) is 0 Å². The first kappa shape index (κ1) is 22.7. The number of benzene rings is 2. The number of rotatable bonds is 5. The van der Waals surface area contributed by atoms with Crippen LogP contribution in [0.5, 0.6) is 5.88 Å². The monoisotopic (exact) mass is 480 g/mol. The molecule has 0 saturated heterocycles. The molecule has 0 bridgehead atoms. The van der Waals surface area contributed by atoms with E-state index in [1.165, 1.54) is 10.7 Å². The highest BCUT2D eigenvalue weighted by Gasteiger charge is 2.31. The van der Waals surface area contributed by atoms with Gasteiger partial charge in [0.1, 0.15) is 23.3 Å². The third kappa shape index (κ3) is 4.80. The molecule has 2 aromatic heterocycles. The standard InChI is InChI=1S/C22H14ClF5N4O/c1-32-20(30-19(31-32)18-16(24)3-2-4-17(18)25)13-7-5-12(6-8-13)11-33-21-15(23)9-14(10-29-21)22(26,27)28/h2-10H,11H2,1H3. The van der Waals surface area contributed by atoms with Gasteiger partial charge in [0.2, 0.25) is 5.88 Å². The Morgan fingerprint density at radius 1 is 1.03 bits per heavy atom. The molecule has 0 fully saturated rings. The smallest absolute Gasteiger partial charge is 0.417 e. The molecule has 0 aliphatic rings. The van der Waals surface area contributed by atoms with Crippen LogP contribution >= 0.6 is 11.6 Å². The van der Waals surface area contributed by atoms with Crippen molar-refractivity contribution < 1.29 is 26.7 Å². The number of halogens is 6. The minimum Gasteiger partial charge on any atom is -0.472 e. The number of aromatic nitrogens is 4. The zero-order chi connectivity index (χ0) is 23.8. The molecule has 0 unspecified atom stereocenters. The Morgan fingerprint density at radius 3 is 2.30 bits per heavy atom. The summed E-state index contributed by atoms with van der Waals surface area (Å²) < 4.78 is 73.0. The molecular weight excluding hydrogens is 467 g/mol. The molecule has 170 valence electrons. The summed E-state index contributed by atoms with van der Waals surface area (Å²) in [5.74, 6) is -1.37. The van der Waals surface area contributed by atoms with Crippen LogP contribution in [0.4, 0.5) is 22.0 Å². The maximum absolute atomic E-state index is 14.1. The summed E-state index contributed by atoms with van der Waals surface area (Å²) in [5, 5.41) is 3.85. The molecule has 2 heterocycles. The van der Waals surface area contributed by atoms with Gasteiger partial charge in [0.05, 0.1) is 11.1 Å². The molecule has 0 aliphatic carbocycles. The molecule has 0 aliphatic heterocycles. The van der Waals surface area contributed by atoms with Gasteiger partial charge in [0.15, 0.2) is 11.6 Å². The highest BCUT2D eigenvalue weighted by Crippen LogP contribution is 2.33. The fourth-order valence-corrected chi connectivity index (χ4v) is 3.26. The molecule has 4 aromatic rings. The number of hydrogen-bond acceptors (Lipinski definition) is 4. The molecule has 0 N–H and O–H groups in total. The lowest BCUT2D eigenvalue weighted by Crippen LogP contribution is -2.06. The summed E-state index contributed by atoms with van der Waals surface area (Å²) in [6.45, 7) is 0.00285. The minimum absolute atomic E-state index is 0.00285. The van der Waals surface area contributed by atoms with E-state index in [1.54, 1.807) is 31.3 Å². The van der Waals surface area contributed by atoms with Crippen molar-refractivity contribution in [1.29, 1.82) is 0 Å². The minimum atomic E-state index is -4.55. The Kier molecular flexibility index (Phi) is 6.03. The average molecular weight is 481 g/mol. The first-order valence-electron chi connectivity index (χ1n) is 9.44. The Hall–Kier alpha value is -3.53. The summed E-state index contributed by atoms with van der Waals surface area (Å²) in [4.78, 5) is 7.88. The van der Waals surface area contributed by atoms with Gasteiger partial charge in [-0.2, -0.15) is 18.3 Å². The van der Waals surface area contributed by atoms with E-state index in [0.29, 0.717) is 23.1 Å². The van der Waals surface area contributed by atoms with Gasteiger partial charge in [-0.1, -0.05) is 41.9 Å². The van der Waals surface area contributed by atoms with Crippen LogP contribution in [0.1, 0.15) is 11.1 Å². The van der Waals surface area contributed by atoms with Crippen LogP contribution in [-0.4, -0.2) is 19.7 Å². The van der Waals surface area contributed by atoms with Crippen molar-refractivity contribution in [2.75, 3.05) is 0 Å². The van der Waals surface area contributed by atoms with Crippen LogP contribution in [0, 0.1) is 11.6 Å². The van der Waals surface area contributed by atoms with Gasteiger partial charge in [-0.05, 0) is 23.8 Å². The molecule has 0 spiro atoms. The first-order chi connectivity index (χ1) is 15.6. The topological polar surface area (TPSA) is 52.8 Å². The summed E-state index contributed by atoms with van der Waals surface area (Å²) in [6, 6.07) is 11.1. The van der Waals surface area contributed by atoms with E-state index in [-0.39, 0.29) is 28.9 Å². The Morgan fingerprint density at radius 2 is 1.70 bits per heavy atom. The van der Waals surface area contributed by atoms with E-state index in [0.717, 1.165) is 18.2 Å². The number of alkyl halides is 3. The lowest BCUT2D eigenvalue weighted by Gasteiger charge is -2.10. The Balaban J connectivity index is 1.50. The quantitative estimate of drug-likeness (QED) is 0.325. The molecule has 2 aromatic carbocycles. The maximum Gasteiger partial charge on any atom is 0.417 e. The second-order valence-corrected chi connectivity index (χ2v) is 7.38. The fourth-order valence-electron chi connectivity index (χ4n) is 3.04. The average Bonchev–Trinajstić information content (AvgIpc) is 3.13. The van der Waals surface area contributed by atoms with Gasteiger partial charge in [-0.25, -0.2) is 23.4 Å². The van der Waals surface area contributed by atoms with E-state index in [4.69, 9.17) is 16.3 Å². The van der Waals surface area contributed by atoms with Crippen molar-refractivity contribution in [3.05, 3.63) is 82.5 Å². The van der Waals surface area contributed by atoms with Crippen LogP contribution in [-0.2, 0) is 19.8 Å². The Labute approximate surface area is 189 Å². The predicted octanol–water partition coefficient (Wildman–Crippen LogP) is 6.07. The summed E-state index contributed by atoms with van der Waals surface area (Å²) in [5.41, 5.74) is 0.0225. The lowest BCUT2D eigenvalue weighted by atomic mass is 10.1. The molecule has 11 heteroatoms. The van der Waals surface area contributed by atoms with Crippen LogP contribution < -0.4 is 4.74 Å². The van der Waals surface area contributed by atoms with Gasteiger partial charge in [0.25, 0.3) is 0 Å². The number of nitrogens with zero attached hydrogens (tertiary/aromatic N) is 4. The molecule has 0 atom stereocenters.